The molecule has 1 N–H and O–H groups in total. The number of methoxy groups -OCH3 is 1. The lowest BCUT2D eigenvalue weighted by molar-refractivity contribution is 0.0600. The smallest absolute Gasteiger partial charge is 0.409 e. The zero-order valence-electron chi connectivity index (χ0n) is 12.6. The predicted molar refractivity (Wildman–Crippen MR) is 80.7 cm³/mol. The molecule has 2 amide bonds. The summed E-state index contributed by atoms with van der Waals surface area (Å²) < 4.78 is 4.69. The Kier molecular flexibility index (Phi) is 3.70. The maximum absolute atomic E-state index is 12.6. The molecule has 1 aromatic carbocycles. The number of piperazine rings is 1. The number of H-pyrrole nitrogens is 1. The number of nitrogens with one attached hydrogen (secondary N) is 1. The van der Waals surface area contributed by atoms with Crippen LogP contribution in [0.5, 0.6) is 0 Å². The molecule has 0 saturated carbocycles. The van der Waals surface area contributed by atoms with E-state index in [1.54, 1.807) is 15.9 Å². The molecule has 7 heteroatoms. The summed E-state index contributed by atoms with van der Waals surface area (Å²) >= 11 is 0. The summed E-state index contributed by atoms with van der Waals surface area (Å²) in [5, 5.41) is 0. The van der Waals surface area contributed by atoms with Crippen LogP contribution in [-0.4, -0.2) is 65.1 Å². The third kappa shape index (κ3) is 2.61. The van der Waals surface area contributed by atoms with Crippen molar-refractivity contribution in [1.82, 2.24) is 19.8 Å². The Morgan fingerprint density at radius 2 is 1.86 bits per heavy atom. The van der Waals surface area contributed by atoms with Gasteiger partial charge in [-0.25, -0.2) is 9.78 Å². The van der Waals surface area contributed by atoms with Gasteiger partial charge in [-0.15, -0.1) is 0 Å². The Morgan fingerprint density at radius 1 is 1.18 bits per heavy atom. The SMILES string of the molecule is COC(=O)N1CCN(C(=O)c2ccc3nc(C)[nH]c3c2)CC1. The molecule has 0 radical (unpaired) electrons. The second-order valence-corrected chi connectivity index (χ2v) is 5.30. The highest BCUT2D eigenvalue weighted by molar-refractivity contribution is 5.97. The fourth-order valence-electron chi connectivity index (χ4n) is 2.67. The maximum Gasteiger partial charge on any atom is 0.409 e. The Morgan fingerprint density at radius 3 is 2.55 bits per heavy atom. The molecule has 0 unspecified atom stereocenters. The van der Waals surface area contributed by atoms with Gasteiger partial charge in [-0.05, 0) is 25.1 Å². The van der Waals surface area contributed by atoms with Crippen molar-refractivity contribution >= 4 is 23.0 Å². The number of hydrogen-bond acceptors (Lipinski definition) is 4. The predicted octanol–water partition coefficient (Wildman–Crippen LogP) is 1.40. The van der Waals surface area contributed by atoms with E-state index in [4.69, 9.17) is 4.74 Å². The molecule has 2 aromatic rings. The molecule has 3 rings (SSSR count). The minimum Gasteiger partial charge on any atom is -0.453 e. The number of imidazole rings is 1. The molecule has 0 atom stereocenters. The van der Waals surface area contributed by atoms with Crippen LogP contribution in [0.1, 0.15) is 16.2 Å². The van der Waals surface area contributed by atoms with Crippen LogP contribution < -0.4 is 0 Å². The number of benzene rings is 1. The lowest BCUT2D eigenvalue weighted by Gasteiger charge is -2.33. The number of aryl methyl sites for hydroxylation is 1. The highest BCUT2D eigenvalue weighted by Gasteiger charge is 2.25. The normalized spacial score (nSPS) is 15.2. The van der Waals surface area contributed by atoms with Gasteiger partial charge in [0, 0.05) is 31.7 Å². The minimum atomic E-state index is -0.346. The monoisotopic (exact) mass is 302 g/mol. The molecular weight excluding hydrogens is 284 g/mol. The van der Waals surface area contributed by atoms with E-state index >= 15 is 0 Å². The van der Waals surface area contributed by atoms with Gasteiger partial charge >= 0.3 is 6.09 Å². The van der Waals surface area contributed by atoms with Crippen LogP contribution in [0.15, 0.2) is 18.2 Å². The fraction of sp³-hybridized carbons (Fsp3) is 0.400. The quantitative estimate of drug-likeness (QED) is 0.863. The molecule has 1 aromatic heterocycles. The Hall–Kier alpha value is -2.57. The van der Waals surface area contributed by atoms with Crippen molar-refractivity contribution in [2.45, 2.75) is 6.92 Å². The lowest BCUT2D eigenvalue weighted by atomic mass is 10.1. The summed E-state index contributed by atoms with van der Waals surface area (Å²) in [4.78, 5) is 34.8. The molecule has 22 heavy (non-hydrogen) atoms. The topological polar surface area (TPSA) is 78.5 Å². The van der Waals surface area contributed by atoms with Crippen LogP contribution in [0.3, 0.4) is 0 Å². The molecule has 0 spiro atoms. The standard InChI is InChI=1S/C15H18N4O3/c1-10-16-12-4-3-11(9-13(12)17-10)14(20)18-5-7-19(8-6-18)15(21)22-2/h3-4,9H,5-8H2,1-2H3,(H,16,17). The number of rotatable bonds is 1. The molecular formula is C15H18N4O3. The fourth-order valence-corrected chi connectivity index (χ4v) is 2.67. The van der Waals surface area contributed by atoms with E-state index in [1.165, 1.54) is 7.11 Å². The number of nitrogens with zero attached hydrogens (tertiary/aromatic N) is 3. The number of carbonyl (C=O) groups is 2. The van der Waals surface area contributed by atoms with Crippen molar-refractivity contribution in [2.24, 2.45) is 0 Å². The van der Waals surface area contributed by atoms with E-state index in [9.17, 15) is 9.59 Å². The van der Waals surface area contributed by atoms with E-state index in [0.717, 1.165) is 16.9 Å². The van der Waals surface area contributed by atoms with E-state index < -0.39 is 0 Å². The maximum atomic E-state index is 12.6. The van der Waals surface area contributed by atoms with Crippen LogP contribution in [0.4, 0.5) is 4.79 Å². The third-order valence-electron chi connectivity index (χ3n) is 3.85. The average molecular weight is 302 g/mol. The summed E-state index contributed by atoms with van der Waals surface area (Å²) in [5.74, 6) is 0.796. The summed E-state index contributed by atoms with van der Waals surface area (Å²) in [5.41, 5.74) is 2.34. The number of aromatic amines is 1. The number of amides is 2. The van der Waals surface area contributed by atoms with Gasteiger partial charge < -0.3 is 19.5 Å². The first-order valence-electron chi connectivity index (χ1n) is 7.17. The van der Waals surface area contributed by atoms with Gasteiger partial charge in [0.2, 0.25) is 0 Å². The van der Waals surface area contributed by atoms with Gasteiger partial charge in [0.25, 0.3) is 5.91 Å². The largest absolute Gasteiger partial charge is 0.453 e. The zero-order valence-corrected chi connectivity index (χ0v) is 12.6. The van der Waals surface area contributed by atoms with Crippen LogP contribution in [0, 0.1) is 6.92 Å². The molecule has 116 valence electrons. The number of fused-ring (bicyclic) bond motifs is 1. The van der Waals surface area contributed by atoms with E-state index in [0.29, 0.717) is 31.7 Å². The Balaban J connectivity index is 1.72. The van der Waals surface area contributed by atoms with Crippen molar-refractivity contribution in [3.8, 4) is 0 Å². The molecule has 1 saturated heterocycles. The van der Waals surface area contributed by atoms with Gasteiger partial charge in [0.15, 0.2) is 0 Å². The second-order valence-electron chi connectivity index (χ2n) is 5.30. The van der Waals surface area contributed by atoms with Gasteiger partial charge in [-0.1, -0.05) is 0 Å². The van der Waals surface area contributed by atoms with Crippen molar-refractivity contribution in [3.05, 3.63) is 29.6 Å². The third-order valence-corrected chi connectivity index (χ3v) is 3.85. The van der Waals surface area contributed by atoms with Gasteiger partial charge in [0.1, 0.15) is 5.82 Å². The van der Waals surface area contributed by atoms with E-state index in [2.05, 4.69) is 9.97 Å². The summed E-state index contributed by atoms with van der Waals surface area (Å²) in [6.45, 7) is 3.88. The Bertz CT molecular complexity index is 717. The number of carbonyl (C=O) groups excluding carboxylic acids is 2. The molecule has 2 heterocycles. The van der Waals surface area contributed by atoms with Crippen molar-refractivity contribution in [3.63, 3.8) is 0 Å². The molecule has 1 fully saturated rings. The molecule has 1 aliphatic heterocycles. The first-order chi connectivity index (χ1) is 10.6. The van der Waals surface area contributed by atoms with Gasteiger partial charge in [0.05, 0.1) is 18.1 Å². The van der Waals surface area contributed by atoms with Crippen molar-refractivity contribution in [2.75, 3.05) is 33.3 Å². The average Bonchev–Trinajstić information content (AvgIpc) is 2.92. The summed E-state index contributed by atoms with van der Waals surface area (Å²) in [6, 6.07) is 5.46. The summed E-state index contributed by atoms with van der Waals surface area (Å²) in [6.07, 6.45) is -0.346. The van der Waals surface area contributed by atoms with E-state index in [-0.39, 0.29) is 12.0 Å². The van der Waals surface area contributed by atoms with Crippen LogP contribution >= 0.6 is 0 Å². The highest BCUT2D eigenvalue weighted by Crippen LogP contribution is 2.16. The minimum absolute atomic E-state index is 0.0290. The van der Waals surface area contributed by atoms with Crippen LogP contribution in [0.2, 0.25) is 0 Å². The first kappa shape index (κ1) is 14.4. The Labute approximate surface area is 127 Å². The molecule has 1 aliphatic rings. The molecule has 7 nitrogen and oxygen atoms in total. The van der Waals surface area contributed by atoms with Gasteiger partial charge in [-0.2, -0.15) is 0 Å². The first-order valence-corrected chi connectivity index (χ1v) is 7.17. The summed E-state index contributed by atoms with van der Waals surface area (Å²) in [7, 11) is 1.36. The van der Waals surface area contributed by atoms with E-state index in [1.807, 2.05) is 19.1 Å². The second kappa shape index (κ2) is 5.67. The zero-order chi connectivity index (χ0) is 15.7. The highest BCUT2D eigenvalue weighted by atomic mass is 16.5. The molecule has 0 bridgehead atoms. The van der Waals surface area contributed by atoms with Crippen molar-refractivity contribution < 1.29 is 14.3 Å². The van der Waals surface area contributed by atoms with Gasteiger partial charge in [-0.3, -0.25) is 4.79 Å². The molecule has 0 aliphatic carbocycles. The lowest BCUT2D eigenvalue weighted by Crippen LogP contribution is -2.50. The number of ether oxygens (including phenoxy) is 1. The van der Waals surface area contributed by atoms with Crippen molar-refractivity contribution in [1.29, 1.82) is 0 Å². The van der Waals surface area contributed by atoms with Crippen LogP contribution in [0.25, 0.3) is 11.0 Å². The number of hydrogen-bond donors (Lipinski definition) is 1. The van der Waals surface area contributed by atoms with Crippen LogP contribution in [-0.2, 0) is 4.74 Å². The number of aromatic nitrogens is 2.